The van der Waals surface area contributed by atoms with Crippen LogP contribution in [0.4, 0.5) is 4.39 Å². The summed E-state index contributed by atoms with van der Waals surface area (Å²) in [5, 5.41) is 0. The summed E-state index contributed by atoms with van der Waals surface area (Å²) in [6.07, 6.45) is 3.86. The number of hydrogen-bond acceptors (Lipinski definition) is 2. The molecule has 1 saturated heterocycles. The van der Waals surface area contributed by atoms with E-state index in [1.807, 2.05) is 11.0 Å². The van der Waals surface area contributed by atoms with Crippen molar-refractivity contribution in [3.05, 3.63) is 35.6 Å². The Morgan fingerprint density at radius 1 is 1.32 bits per heavy atom. The first-order valence-corrected chi connectivity index (χ1v) is 6.94. The van der Waals surface area contributed by atoms with E-state index in [9.17, 15) is 9.18 Å². The summed E-state index contributed by atoms with van der Waals surface area (Å²) >= 11 is 0. The number of carbonyl (C=O) groups excluding carboxylic acids is 1. The molecule has 3 nitrogen and oxygen atoms in total. The van der Waals surface area contributed by atoms with Gasteiger partial charge in [0.05, 0.1) is 5.92 Å². The smallest absolute Gasteiger partial charge is 0.227 e. The molecule has 1 atom stereocenters. The van der Waals surface area contributed by atoms with E-state index in [1.165, 1.54) is 18.6 Å². The fraction of sp³-hybridized carbons (Fsp3) is 0.533. The first-order chi connectivity index (χ1) is 9.20. The molecule has 104 valence electrons. The van der Waals surface area contributed by atoms with Crippen molar-refractivity contribution in [2.45, 2.75) is 25.7 Å². The average molecular weight is 264 g/mol. The van der Waals surface area contributed by atoms with Crippen LogP contribution >= 0.6 is 0 Å². The number of piperidine rings is 1. The van der Waals surface area contributed by atoms with Crippen LogP contribution in [0.3, 0.4) is 0 Å². The number of benzene rings is 1. The van der Waals surface area contributed by atoms with E-state index in [-0.39, 0.29) is 17.6 Å². The van der Waals surface area contributed by atoms with Crippen LogP contribution in [0.2, 0.25) is 0 Å². The zero-order valence-corrected chi connectivity index (χ0v) is 11.1. The molecule has 0 bridgehead atoms. The lowest BCUT2D eigenvalue weighted by Crippen LogP contribution is -2.42. The van der Waals surface area contributed by atoms with Gasteiger partial charge in [0.15, 0.2) is 0 Å². The second kappa shape index (κ2) is 6.66. The van der Waals surface area contributed by atoms with Gasteiger partial charge in [0, 0.05) is 19.6 Å². The van der Waals surface area contributed by atoms with Crippen molar-refractivity contribution >= 4 is 5.91 Å². The lowest BCUT2D eigenvalue weighted by molar-refractivity contribution is -0.136. The fourth-order valence-corrected chi connectivity index (χ4v) is 2.59. The number of rotatable bonds is 4. The maximum absolute atomic E-state index is 13.2. The maximum Gasteiger partial charge on any atom is 0.227 e. The highest BCUT2D eigenvalue weighted by molar-refractivity contribution is 5.79. The number of halogens is 1. The molecule has 1 aliphatic heterocycles. The average Bonchev–Trinajstić information content (AvgIpc) is 2.45. The molecule has 1 aromatic carbocycles. The van der Waals surface area contributed by atoms with Crippen LogP contribution in [0.15, 0.2) is 24.3 Å². The number of nitrogens with two attached hydrogens (primary N) is 1. The molecular weight excluding hydrogens is 243 g/mol. The van der Waals surface area contributed by atoms with Gasteiger partial charge in [-0.05, 0) is 43.4 Å². The van der Waals surface area contributed by atoms with Gasteiger partial charge >= 0.3 is 0 Å². The molecule has 1 aliphatic rings. The van der Waals surface area contributed by atoms with Gasteiger partial charge in [0.1, 0.15) is 5.82 Å². The highest BCUT2D eigenvalue weighted by atomic mass is 19.1. The van der Waals surface area contributed by atoms with Crippen LogP contribution in [0.5, 0.6) is 0 Å². The van der Waals surface area contributed by atoms with Gasteiger partial charge in [-0.2, -0.15) is 0 Å². The van der Waals surface area contributed by atoms with Crippen molar-refractivity contribution in [3.8, 4) is 0 Å². The minimum atomic E-state index is -0.265. The Morgan fingerprint density at radius 3 is 2.68 bits per heavy atom. The van der Waals surface area contributed by atoms with Crippen LogP contribution < -0.4 is 5.73 Å². The first-order valence-electron chi connectivity index (χ1n) is 6.94. The summed E-state index contributed by atoms with van der Waals surface area (Å²) in [7, 11) is 0. The normalized spacial score (nSPS) is 17.3. The third-order valence-electron chi connectivity index (χ3n) is 3.67. The minimum absolute atomic E-state index is 0.117. The minimum Gasteiger partial charge on any atom is -0.342 e. The Hall–Kier alpha value is -1.42. The Labute approximate surface area is 113 Å². The van der Waals surface area contributed by atoms with Gasteiger partial charge in [0.2, 0.25) is 5.91 Å². The molecule has 2 rings (SSSR count). The van der Waals surface area contributed by atoms with Crippen molar-refractivity contribution in [2.75, 3.05) is 19.6 Å². The summed E-state index contributed by atoms with van der Waals surface area (Å²) in [5.41, 5.74) is 6.56. The third-order valence-corrected chi connectivity index (χ3v) is 3.67. The van der Waals surface area contributed by atoms with E-state index < -0.39 is 0 Å². The second-order valence-electron chi connectivity index (χ2n) is 5.15. The van der Waals surface area contributed by atoms with Crippen LogP contribution in [0.1, 0.15) is 24.8 Å². The number of carbonyl (C=O) groups is 1. The van der Waals surface area contributed by atoms with Crippen molar-refractivity contribution in [1.29, 1.82) is 0 Å². The number of likely N-dealkylation sites (tertiary alicyclic amines) is 1. The van der Waals surface area contributed by atoms with Crippen LogP contribution in [0, 0.1) is 11.7 Å². The molecule has 0 aromatic heterocycles. The van der Waals surface area contributed by atoms with Gasteiger partial charge in [0.25, 0.3) is 0 Å². The largest absolute Gasteiger partial charge is 0.342 e. The van der Waals surface area contributed by atoms with E-state index in [2.05, 4.69) is 0 Å². The molecular formula is C15H21FN2O. The lowest BCUT2D eigenvalue weighted by Gasteiger charge is -2.30. The molecule has 1 aromatic rings. The zero-order chi connectivity index (χ0) is 13.7. The highest BCUT2D eigenvalue weighted by Crippen LogP contribution is 2.16. The molecule has 0 spiro atoms. The van der Waals surface area contributed by atoms with Gasteiger partial charge in [-0.1, -0.05) is 12.1 Å². The van der Waals surface area contributed by atoms with E-state index in [0.29, 0.717) is 13.0 Å². The van der Waals surface area contributed by atoms with Crippen molar-refractivity contribution < 1.29 is 9.18 Å². The maximum atomic E-state index is 13.2. The molecule has 0 radical (unpaired) electrons. The second-order valence-corrected chi connectivity index (χ2v) is 5.15. The molecule has 1 unspecified atom stereocenters. The van der Waals surface area contributed by atoms with Crippen LogP contribution in [-0.2, 0) is 11.2 Å². The van der Waals surface area contributed by atoms with E-state index in [0.717, 1.165) is 31.5 Å². The molecule has 4 heteroatoms. The Morgan fingerprint density at radius 2 is 2.05 bits per heavy atom. The topological polar surface area (TPSA) is 46.3 Å². The standard InChI is InChI=1S/C15H21FN2O/c16-14-6-4-5-12(10-14)9-13(11-17)15(19)18-7-2-1-3-8-18/h4-6,10,13H,1-3,7-9,11,17H2. The van der Waals surface area contributed by atoms with E-state index >= 15 is 0 Å². The van der Waals surface area contributed by atoms with Crippen LogP contribution in [-0.4, -0.2) is 30.4 Å². The fourth-order valence-electron chi connectivity index (χ4n) is 2.59. The van der Waals surface area contributed by atoms with Gasteiger partial charge in [-0.25, -0.2) is 4.39 Å². The number of amides is 1. The monoisotopic (exact) mass is 264 g/mol. The van der Waals surface area contributed by atoms with Crippen molar-refractivity contribution in [1.82, 2.24) is 4.90 Å². The first kappa shape index (κ1) is 14.0. The summed E-state index contributed by atoms with van der Waals surface area (Å²) in [5.74, 6) is -0.384. The number of hydrogen-bond donors (Lipinski definition) is 1. The molecule has 1 amide bonds. The SMILES string of the molecule is NCC(Cc1cccc(F)c1)C(=O)N1CCCCC1. The van der Waals surface area contributed by atoms with Gasteiger partial charge in [-0.3, -0.25) is 4.79 Å². The third kappa shape index (κ3) is 3.77. The zero-order valence-electron chi connectivity index (χ0n) is 11.1. The summed E-state index contributed by atoms with van der Waals surface area (Å²) < 4.78 is 13.2. The quantitative estimate of drug-likeness (QED) is 0.903. The van der Waals surface area contributed by atoms with Gasteiger partial charge < -0.3 is 10.6 Å². The molecule has 0 aliphatic carbocycles. The van der Waals surface area contributed by atoms with E-state index in [4.69, 9.17) is 5.73 Å². The Balaban J connectivity index is 2.00. The number of nitrogens with zero attached hydrogens (tertiary/aromatic N) is 1. The predicted molar refractivity (Wildman–Crippen MR) is 73.1 cm³/mol. The molecule has 0 saturated carbocycles. The molecule has 1 fully saturated rings. The summed E-state index contributed by atoms with van der Waals surface area (Å²) in [6, 6.07) is 6.40. The highest BCUT2D eigenvalue weighted by Gasteiger charge is 2.24. The molecule has 2 N–H and O–H groups in total. The Kier molecular flexibility index (Phi) is 4.91. The van der Waals surface area contributed by atoms with E-state index in [1.54, 1.807) is 6.07 Å². The summed E-state index contributed by atoms with van der Waals surface area (Å²) in [4.78, 5) is 14.3. The van der Waals surface area contributed by atoms with Crippen LogP contribution in [0.25, 0.3) is 0 Å². The Bertz CT molecular complexity index is 430. The lowest BCUT2D eigenvalue weighted by atomic mass is 9.97. The molecule has 1 heterocycles. The summed E-state index contributed by atoms with van der Waals surface area (Å²) in [6.45, 7) is 1.98. The predicted octanol–water partition coefficient (Wildman–Crippen LogP) is 1.96. The van der Waals surface area contributed by atoms with Crippen molar-refractivity contribution in [3.63, 3.8) is 0 Å². The van der Waals surface area contributed by atoms with Crippen molar-refractivity contribution in [2.24, 2.45) is 11.7 Å². The molecule has 19 heavy (non-hydrogen) atoms. The van der Waals surface area contributed by atoms with Gasteiger partial charge in [-0.15, -0.1) is 0 Å².